The molecule has 0 aromatic heterocycles. The van der Waals surface area contributed by atoms with Gasteiger partial charge in [-0.25, -0.2) is 0 Å². The first-order valence-corrected chi connectivity index (χ1v) is 9.80. The van der Waals surface area contributed by atoms with Gasteiger partial charge in [0.2, 0.25) is 0 Å². The molecule has 3 nitrogen and oxygen atoms in total. The van der Waals surface area contributed by atoms with Crippen molar-refractivity contribution >= 4 is 5.69 Å². The predicted octanol–water partition coefficient (Wildman–Crippen LogP) is 4.49. The van der Waals surface area contributed by atoms with Crippen molar-refractivity contribution in [1.82, 2.24) is 0 Å². The van der Waals surface area contributed by atoms with Gasteiger partial charge in [-0.1, -0.05) is 51.2 Å². The molecule has 0 aliphatic rings. The zero-order valence-electron chi connectivity index (χ0n) is 15.5. The summed E-state index contributed by atoms with van der Waals surface area (Å²) in [6, 6.07) is 6.49. The Labute approximate surface area is 148 Å². The number of aryl methyl sites for hydroxylation is 2. The molecule has 0 heterocycles. The van der Waals surface area contributed by atoms with Crippen LogP contribution >= 0.6 is 0 Å². The zero-order chi connectivity index (χ0) is 17.6. The van der Waals surface area contributed by atoms with Crippen LogP contribution < -0.4 is 5.73 Å². The molecule has 138 valence electrons. The van der Waals surface area contributed by atoms with Crippen molar-refractivity contribution in [3.63, 3.8) is 0 Å². The van der Waals surface area contributed by atoms with Crippen LogP contribution in [0.3, 0.4) is 0 Å². The Morgan fingerprint density at radius 3 is 2.17 bits per heavy atom. The number of rotatable bonds is 14. The maximum atomic E-state index is 9.09. The summed E-state index contributed by atoms with van der Waals surface area (Å²) in [5.41, 5.74) is 9.68. The van der Waals surface area contributed by atoms with Crippen LogP contribution in [0.5, 0.6) is 0 Å². The molecular formula is C21H37NO2. The summed E-state index contributed by atoms with van der Waals surface area (Å²) < 4.78 is 0. The second-order valence-electron chi connectivity index (χ2n) is 6.98. The van der Waals surface area contributed by atoms with Crippen molar-refractivity contribution in [2.45, 2.75) is 77.6 Å². The van der Waals surface area contributed by atoms with Gasteiger partial charge in [0.05, 0.1) is 0 Å². The number of nitrogen functional groups attached to an aromatic ring is 1. The van der Waals surface area contributed by atoms with Crippen LogP contribution in [0.4, 0.5) is 5.69 Å². The van der Waals surface area contributed by atoms with Gasteiger partial charge in [-0.2, -0.15) is 0 Å². The van der Waals surface area contributed by atoms with Gasteiger partial charge >= 0.3 is 0 Å². The molecule has 1 aromatic carbocycles. The molecule has 0 aliphatic carbocycles. The topological polar surface area (TPSA) is 66.5 Å². The smallest absolute Gasteiger partial charge is 0.0433 e. The molecule has 0 unspecified atom stereocenters. The van der Waals surface area contributed by atoms with Gasteiger partial charge < -0.3 is 15.9 Å². The highest BCUT2D eigenvalue weighted by molar-refractivity contribution is 5.49. The Hall–Kier alpha value is -1.06. The van der Waals surface area contributed by atoms with Crippen molar-refractivity contribution in [3.05, 3.63) is 29.3 Å². The minimum absolute atomic E-state index is 0.198. The molecule has 0 radical (unpaired) electrons. The number of aliphatic hydroxyl groups is 2. The molecule has 0 aliphatic heterocycles. The normalized spacial score (nSPS) is 11.3. The number of hydrogen-bond acceptors (Lipinski definition) is 3. The van der Waals surface area contributed by atoms with Crippen LogP contribution in [-0.4, -0.2) is 23.4 Å². The maximum absolute atomic E-state index is 9.09. The van der Waals surface area contributed by atoms with E-state index in [2.05, 4.69) is 25.1 Å². The molecule has 0 atom stereocenters. The van der Waals surface area contributed by atoms with E-state index < -0.39 is 0 Å². The first-order valence-electron chi connectivity index (χ1n) is 9.80. The van der Waals surface area contributed by atoms with E-state index in [9.17, 15) is 0 Å². The predicted molar refractivity (Wildman–Crippen MR) is 103 cm³/mol. The van der Waals surface area contributed by atoms with Gasteiger partial charge in [-0.3, -0.25) is 0 Å². The summed E-state index contributed by atoms with van der Waals surface area (Å²) in [5.74, 6) is 0.393. The standard InChI is InChI=1S/C21H37NO2/c1-2-3-4-5-6-7-8-20-12-11-19(17-21(20)22)10-9-18(13-15-23)14-16-24/h11-12,17-18,23-24H,2-10,13-16,22H2,1H3. The van der Waals surface area contributed by atoms with Crippen LogP contribution in [-0.2, 0) is 12.8 Å². The number of anilines is 1. The molecule has 24 heavy (non-hydrogen) atoms. The van der Waals surface area contributed by atoms with E-state index in [-0.39, 0.29) is 13.2 Å². The van der Waals surface area contributed by atoms with Crippen molar-refractivity contribution in [2.75, 3.05) is 18.9 Å². The molecule has 0 spiro atoms. The summed E-state index contributed by atoms with van der Waals surface area (Å²) in [6.07, 6.45) is 12.4. The highest BCUT2D eigenvalue weighted by atomic mass is 16.3. The molecular weight excluding hydrogens is 298 g/mol. The van der Waals surface area contributed by atoms with Gasteiger partial charge in [0.1, 0.15) is 0 Å². The summed E-state index contributed by atoms with van der Waals surface area (Å²) in [5, 5.41) is 18.2. The fourth-order valence-corrected chi connectivity index (χ4v) is 3.29. The zero-order valence-corrected chi connectivity index (χ0v) is 15.5. The fourth-order valence-electron chi connectivity index (χ4n) is 3.29. The average Bonchev–Trinajstić information content (AvgIpc) is 2.57. The lowest BCUT2D eigenvalue weighted by molar-refractivity contribution is 0.210. The van der Waals surface area contributed by atoms with Crippen LogP contribution in [0, 0.1) is 5.92 Å². The lowest BCUT2D eigenvalue weighted by Gasteiger charge is -2.15. The minimum Gasteiger partial charge on any atom is -0.398 e. The third-order valence-corrected chi connectivity index (χ3v) is 4.93. The summed E-state index contributed by atoms with van der Waals surface area (Å²) >= 11 is 0. The average molecular weight is 336 g/mol. The highest BCUT2D eigenvalue weighted by Gasteiger charge is 2.09. The number of benzene rings is 1. The number of aliphatic hydroxyl groups excluding tert-OH is 2. The second kappa shape index (κ2) is 13.3. The largest absolute Gasteiger partial charge is 0.398 e. The van der Waals surface area contributed by atoms with Crippen LogP contribution in [0.15, 0.2) is 18.2 Å². The number of hydrogen-bond donors (Lipinski definition) is 3. The van der Waals surface area contributed by atoms with E-state index in [0.29, 0.717) is 5.92 Å². The molecule has 0 fully saturated rings. The third kappa shape index (κ3) is 8.70. The van der Waals surface area contributed by atoms with Crippen LogP contribution in [0.1, 0.15) is 75.8 Å². The SMILES string of the molecule is CCCCCCCCc1ccc(CCC(CCO)CCO)cc1N. The third-order valence-electron chi connectivity index (χ3n) is 4.93. The Morgan fingerprint density at radius 2 is 1.54 bits per heavy atom. The Morgan fingerprint density at radius 1 is 0.875 bits per heavy atom. The van der Waals surface area contributed by atoms with Gasteiger partial charge in [0.15, 0.2) is 0 Å². The van der Waals surface area contributed by atoms with Gasteiger partial charge in [0, 0.05) is 18.9 Å². The van der Waals surface area contributed by atoms with E-state index in [1.165, 1.54) is 49.7 Å². The molecule has 0 saturated carbocycles. The number of nitrogens with two attached hydrogens (primary N) is 1. The van der Waals surface area contributed by atoms with Crippen LogP contribution in [0.2, 0.25) is 0 Å². The molecule has 0 bridgehead atoms. The van der Waals surface area contributed by atoms with Crippen molar-refractivity contribution in [1.29, 1.82) is 0 Å². The van der Waals surface area contributed by atoms with Crippen molar-refractivity contribution < 1.29 is 10.2 Å². The highest BCUT2D eigenvalue weighted by Crippen LogP contribution is 2.21. The van der Waals surface area contributed by atoms with E-state index in [1.54, 1.807) is 0 Å². The molecule has 0 amide bonds. The Balaban J connectivity index is 2.37. The first-order chi connectivity index (χ1) is 11.7. The quantitative estimate of drug-likeness (QED) is 0.347. The lowest BCUT2D eigenvalue weighted by Crippen LogP contribution is -2.07. The molecule has 0 saturated heterocycles. The monoisotopic (exact) mass is 335 g/mol. The minimum atomic E-state index is 0.198. The Bertz CT molecular complexity index is 428. The first kappa shape index (κ1) is 21.0. The van der Waals surface area contributed by atoms with E-state index >= 15 is 0 Å². The fraction of sp³-hybridized carbons (Fsp3) is 0.714. The van der Waals surface area contributed by atoms with Gasteiger partial charge in [0.25, 0.3) is 0 Å². The van der Waals surface area contributed by atoms with Gasteiger partial charge in [-0.15, -0.1) is 0 Å². The summed E-state index contributed by atoms with van der Waals surface area (Å²) in [4.78, 5) is 0. The molecule has 1 aromatic rings. The second-order valence-corrected chi connectivity index (χ2v) is 6.98. The molecule has 4 N–H and O–H groups in total. The van der Waals surface area contributed by atoms with Crippen molar-refractivity contribution in [2.24, 2.45) is 5.92 Å². The summed E-state index contributed by atoms with van der Waals surface area (Å²) in [7, 11) is 0. The van der Waals surface area contributed by atoms with Crippen molar-refractivity contribution in [3.8, 4) is 0 Å². The number of unbranched alkanes of at least 4 members (excludes halogenated alkanes) is 5. The molecule has 3 heteroatoms. The van der Waals surface area contributed by atoms with E-state index in [0.717, 1.165) is 37.8 Å². The lowest BCUT2D eigenvalue weighted by atomic mass is 9.93. The van der Waals surface area contributed by atoms with Crippen LogP contribution in [0.25, 0.3) is 0 Å². The molecule has 1 rings (SSSR count). The van der Waals surface area contributed by atoms with Gasteiger partial charge in [-0.05, 0) is 61.6 Å². The summed E-state index contributed by atoms with van der Waals surface area (Å²) in [6.45, 7) is 2.64. The van der Waals surface area contributed by atoms with E-state index in [1.807, 2.05) is 0 Å². The van der Waals surface area contributed by atoms with E-state index in [4.69, 9.17) is 15.9 Å². The Kier molecular flexibility index (Phi) is 11.6. The maximum Gasteiger partial charge on any atom is 0.0433 e.